The lowest BCUT2D eigenvalue weighted by Crippen LogP contribution is -2.36. The molecule has 1 aromatic rings. The van der Waals surface area contributed by atoms with Crippen LogP contribution in [0.5, 0.6) is 0 Å². The fourth-order valence-electron chi connectivity index (χ4n) is 3.26. The number of benzene rings is 1. The van der Waals surface area contributed by atoms with Gasteiger partial charge in [0, 0.05) is 19.2 Å². The van der Waals surface area contributed by atoms with Crippen LogP contribution in [0.15, 0.2) is 18.2 Å². The zero-order valence-corrected chi connectivity index (χ0v) is 13.8. The molecule has 1 heterocycles. The van der Waals surface area contributed by atoms with E-state index >= 15 is 0 Å². The van der Waals surface area contributed by atoms with E-state index in [1.807, 2.05) is 11.9 Å². The summed E-state index contributed by atoms with van der Waals surface area (Å²) in [5, 5.41) is 3.44. The van der Waals surface area contributed by atoms with E-state index in [9.17, 15) is 4.79 Å². The first-order valence-corrected chi connectivity index (χ1v) is 8.03. The molecule has 1 amide bonds. The molecule has 0 aromatic heterocycles. The van der Waals surface area contributed by atoms with Gasteiger partial charge in [0.05, 0.1) is 0 Å². The maximum atomic E-state index is 12.5. The number of carbonyl (C=O) groups is 1. The first-order valence-electron chi connectivity index (χ1n) is 8.03. The van der Waals surface area contributed by atoms with Gasteiger partial charge in [-0.05, 0) is 63.2 Å². The van der Waals surface area contributed by atoms with E-state index in [0.717, 1.165) is 24.3 Å². The van der Waals surface area contributed by atoms with Crippen molar-refractivity contribution >= 4 is 11.6 Å². The third-order valence-corrected chi connectivity index (χ3v) is 4.72. The van der Waals surface area contributed by atoms with Gasteiger partial charge in [0.2, 0.25) is 5.91 Å². The monoisotopic (exact) mass is 288 g/mol. The molecule has 1 aliphatic rings. The van der Waals surface area contributed by atoms with E-state index in [-0.39, 0.29) is 5.91 Å². The lowest BCUT2D eigenvalue weighted by atomic mass is 9.85. The number of anilines is 1. The lowest BCUT2D eigenvalue weighted by molar-refractivity contribution is -0.119. The standard InChI is InChI=1S/C18H28N2O/c1-13-7-8-17(15(3)10-13)20(4)18(21)11-14(2)16-6-5-9-19-12-16/h7-8,10,14,16,19H,5-6,9,11-12H2,1-4H3. The summed E-state index contributed by atoms with van der Waals surface area (Å²) in [5.41, 5.74) is 3.43. The summed E-state index contributed by atoms with van der Waals surface area (Å²) in [5.74, 6) is 1.30. The molecule has 1 saturated heterocycles. The van der Waals surface area contributed by atoms with Gasteiger partial charge in [0.25, 0.3) is 0 Å². The Morgan fingerprint density at radius 2 is 2.19 bits per heavy atom. The number of amides is 1. The number of aryl methyl sites for hydroxylation is 2. The van der Waals surface area contributed by atoms with Crippen LogP contribution in [0.25, 0.3) is 0 Å². The first-order chi connectivity index (χ1) is 9.99. The van der Waals surface area contributed by atoms with E-state index in [1.165, 1.54) is 18.4 Å². The van der Waals surface area contributed by atoms with E-state index in [4.69, 9.17) is 0 Å². The number of hydrogen-bond acceptors (Lipinski definition) is 2. The van der Waals surface area contributed by atoms with Crippen LogP contribution in [-0.4, -0.2) is 26.0 Å². The predicted octanol–water partition coefficient (Wildman–Crippen LogP) is 3.29. The van der Waals surface area contributed by atoms with Gasteiger partial charge < -0.3 is 10.2 Å². The van der Waals surface area contributed by atoms with Crippen LogP contribution in [-0.2, 0) is 4.79 Å². The molecule has 3 heteroatoms. The highest BCUT2D eigenvalue weighted by atomic mass is 16.2. The van der Waals surface area contributed by atoms with Crippen LogP contribution in [0, 0.1) is 25.7 Å². The maximum absolute atomic E-state index is 12.5. The molecule has 0 bridgehead atoms. The summed E-state index contributed by atoms with van der Waals surface area (Å²) < 4.78 is 0. The second-order valence-electron chi connectivity index (χ2n) is 6.53. The number of rotatable bonds is 4. The highest BCUT2D eigenvalue weighted by molar-refractivity contribution is 5.93. The average Bonchev–Trinajstić information content (AvgIpc) is 2.47. The molecule has 3 nitrogen and oxygen atoms in total. The van der Waals surface area contributed by atoms with E-state index in [2.05, 4.69) is 44.3 Å². The average molecular weight is 288 g/mol. The second kappa shape index (κ2) is 7.08. The minimum Gasteiger partial charge on any atom is -0.316 e. The van der Waals surface area contributed by atoms with Gasteiger partial charge in [-0.3, -0.25) is 4.79 Å². The van der Waals surface area contributed by atoms with Crippen molar-refractivity contribution in [2.24, 2.45) is 11.8 Å². The number of nitrogens with zero attached hydrogens (tertiary/aromatic N) is 1. The number of nitrogens with one attached hydrogen (secondary N) is 1. The molecule has 0 aliphatic carbocycles. The molecule has 2 atom stereocenters. The molecular weight excluding hydrogens is 260 g/mol. The quantitative estimate of drug-likeness (QED) is 0.922. The zero-order chi connectivity index (χ0) is 15.4. The topological polar surface area (TPSA) is 32.3 Å². The predicted molar refractivity (Wildman–Crippen MR) is 88.7 cm³/mol. The van der Waals surface area contributed by atoms with Crippen molar-refractivity contribution in [3.63, 3.8) is 0 Å². The van der Waals surface area contributed by atoms with Crippen molar-refractivity contribution in [1.29, 1.82) is 0 Å². The molecule has 0 radical (unpaired) electrons. The van der Waals surface area contributed by atoms with Crippen molar-refractivity contribution in [3.05, 3.63) is 29.3 Å². The van der Waals surface area contributed by atoms with Gasteiger partial charge in [-0.2, -0.15) is 0 Å². The summed E-state index contributed by atoms with van der Waals surface area (Å²) in [6.07, 6.45) is 3.11. The van der Waals surface area contributed by atoms with Crippen molar-refractivity contribution in [2.45, 2.75) is 40.0 Å². The molecule has 1 fully saturated rings. The Morgan fingerprint density at radius 1 is 1.43 bits per heavy atom. The number of piperidine rings is 1. The zero-order valence-electron chi connectivity index (χ0n) is 13.8. The second-order valence-corrected chi connectivity index (χ2v) is 6.53. The van der Waals surface area contributed by atoms with Crippen LogP contribution in [0.1, 0.15) is 37.3 Å². The largest absolute Gasteiger partial charge is 0.316 e. The van der Waals surface area contributed by atoms with Gasteiger partial charge in [-0.25, -0.2) is 0 Å². The van der Waals surface area contributed by atoms with Gasteiger partial charge >= 0.3 is 0 Å². The molecule has 1 N–H and O–H groups in total. The third kappa shape index (κ3) is 4.07. The number of carbonyl (C=O) groups excluding carboxylic acids is 1. The first kappa shape index (κ1) is 16.0. The molecule has 116 valence electrons. The fourth-order valence-corrected chi connectivity index (χ4v) is 3.26. The van der Waals surface area contributed by atoms with Gasteiger partial charge in [-0.15, -0.1) is 0 Å². The summed E-state index contributed by atoms with van der Waals surface area (Å²) in [6, 6.07) is 6.25. The highest BCUT2D eigenvalue weighted by Crippen LogP contribution is 2.25. The minimum atomic E-state index is 0.222. The van der Waals surface area contributed by atoms with Crippen molar-refractivity contribution in [3.8, 4) is 0 Å². The molecule has 0 spiro atoms. The van der Waals surface area contributed by atoms with Gasteiger partial charge in [0.15, 0.2) is 0 Å². The van der Waals surface area contributed by atoms with Crippen molar-refractivity contribution in [2.75, 3.05) is 25.0 Å². The Bertz CT molecular complexity index is 492. The van der Waals surface area contributed by atoms with Crippen molar-refractivity contribution < 1.29 is 4.79 Å². The summed E-state index contributed by atoms with van der Waals surface area (Å²) in [6.45, 7) is 8.55. The SMILES string of the molecule is Cc1ccc(N(C)C(=O)CC(C)C2CCCNC2)c(C)c1. The Balaban J connectivity index is 1.98. The smallest absolute Gasteiger partial charge is 0.227 e. The molecule has 1 aromatic carbocycles. The Morgan fingerprint density at radius 3 is 2.81 bits per heavy atom. The molecule has 21 heavy (non-hydrogen) atoms. The van der Waals surface area contributed by atoms with Crippen LogP contribution in [0.2, 0.25) is 0 Å². The summed E-state index contributed by atoms with van der Waals surface area (Å²) in [7, 11) is 1.89. The molecule has 1 aliphatic heterocycles. The van der Waals surface area contributed by atoms with Crippen LogP contribution in [0.3, 0.4) is 0 Å². The number of hydrogen-bond donors (Lipinski definition) is 1. The molecular formula is C18H28N2O. The van der Waals surface area contributed by atoms with Gasteiger partial charge in [-0.1, -0.05) is 24.6 Å². The Labute approximate surface area is 128 Å². The minimum absolute atomic E-state index is 0.222. The Hall–Kier alpha value is -1.35. The van der Waals surface area contributed by atoms with Crippen LogP contribution < -0.4 is 10.2 Å². The summed E-state index contributed by atoms with van der Waals surface area (Å²) >= 11 is 0. The third-order valence-electron chi connectivity index (χ3n) is 4.72. The summed E-state index contributed by atoms with van der Waals surface area (Å²) in [4.78, 5) is 14.4. The maximum Gasteiger partial charge on any atom is 0.227 e. The Kier molecular flexibility index (Phi) is 5.40. The van der Waals surface area contributed by atoms with E-state index in [1.54, 1.807) is 0 Å². The molecule has 2 unspecified atom stereocenters. The van der Waals surface area contributed by atoms with Gasteiger partial charge in [0.1, 0.15) is 0 Å². The lowest BCUT2D eigenvalue weighted by Gasteiger charge is -2.29. The normalized spacial score (nSPS) is 20.1. The molecule has 0 saturated carbocycles. The fraction of sp³-hybridized carbons (Fsp3) is 0.611. The van der Waals surface area contributed by atoms with Crippen molar-refractivity contribution in [1.82, 2.24) is 5.32 Å². The van der Waals surface area contributed by atoms with E-state index < -0.39 is 0 Å². The van der Waals surface area contributed by atoms with Crippen LogP contribution >= 0.6 is 0 Å². The van der Waals surface area contributed by atoms with Crippen LogP contribution in [0.4, 0.5) is 5.69 Å². The van der Waals surface area contributed by atoms with E-state index in [0.29, 0.717) is 18.3 Å². The molecule has 2 rings (SSSR count). The highest BCUT2D eigenvalue weighted by Gasteiger charge is 2.24.